The lowest BCUT2D eigenvalue weighted by Gasteiger charge is -2.18. The average molecular weight is 182 g/mol. The van der Waals surface area contributed by atoms with E-state index in [0.717, 1.165) is 0 Å². The van der Waals surface area contributed by atoms with Crippen molar-refractivity contribution in [3.05, 3.63) is 12.7 Å². The van der Waals surface area contributed by atoms with E-state index in [1.54, 1.807) is 6.08 Å². The Bertz CT molecular complexity index is 210. The molecule has 0 amide bonds. The van der Waals surface area contributed by atoms with E-state index in [4.69, 9.17) is 4.74 Å². The Morgan fingerprint density at radius 1 is 1.54 bits per heavy atom. The predicted molar refractivity (Wildman–Crippen MR) is 48.1 cm³/mol. The van der Waals surface area contributed by atoms with Crippen LogP contribution in [-0.2, 0) is 14.3 Å². The maximum absolute atomic E-state index is 11.3. The highest BCUT2D eigenvalue weighted by atomic mass is 16.5. The van der Waals surface area contributed by atoms with Gasteiger partial charge in [-0.05, 0) is 12.8 Å². The number of ether oxygens (including phenoxy) is 1. The molecular weight excluding hydrogens is 168 g/mol. The molecule has 0 atom stereocenters. The highest BCUT2D eigenvalue weighted by Gasteiger charge is 2.25. The maximum atomic E-state index is 11.3. The Kier molecular flexibility index (Phi) is 3.68. The molecule has 0 N–H and O–H groups in total. The molecule has 0 aromatic rings. The topological polar surface area (TPSA) is 43.4 Å². The van der Waals surface area contributed by atoms with E-state index < -0.39 is 0 Å². The standard InChI is InChI=1S/C10H14O3/c1-2-7-13-10(12)8-3-5-9(11)6-4-8/h2,8H,1,3-7H2. The van der Waals surface area contributed by atoms with Gasteiger partial charge in [-0.25, -0.2) is 0 Å². The van der Waals surface area contributed by atoms with E-state index in [2.05, 4.69) is 6.58 Å². The molecule has 0 aliphatic heterocycles. The second-order valence-electron chi connectivity index (χ2n) is 3.23. The van der Waals surface area contributed by atoms with Gasteiger partial charge in [0.1, 0.15) is 12.4 Å². The number of carbonyl (C=O) groups excluding carboxylic acids is 2. The molecule has 1 aliphatic rings. The van der Waals surface area contributed by atoms with Crippen LogP contribution in [0.3, 0.4) is 0 Å². The van der Waals surface area contributed by atoms with Crippen molar-refractivity contribution in [1.29, 1.82) is 0 Å². The number of ketones is 1. The number of Topliss-reactive ketones (excluding diaryl/α,β-unsaturated/α-hetero) is 1. The summed E-state index contributed by atoms with van der Waals surface area (Å²) < 4.78 is 4.90. The van der Waals surface area contributed by atoms with Crippen molar-refractivity contribution in [3.8, 4) is 0 Å². The molecule has 0 bridgehead atoms. The van der Waals surface area contributed by atoms with Crippen molar-refractivity contribution in [3.63, 3.8) is 0 Å². The van der Waals surface area contributed by atoms with Crippen LogP contribution in [0.15, 0.2) is 12.7 Å². The molecule has 0 aromatic heterocycles. The lowest BCUT2D eigenvalue weighted by molar-refractivity contribution is -0.148. The second kappa shape index (κ2) is 4.80. The Balaban J connectivity index is 2.31. The molecule has 0 aromatic carbocycles. The van der Waals surface area contributed by atoms with Crippen molar-refractivity contribution >= 4 is 11.8 Å². The van der Waals surface area contributed by atoms with Gasteiger partial charge in [-0.2, -0.15) is 0 Å². The fourth-order valence-corrected chi connectivity index (χ4v) is 1.43. The minimum absolute atomic E-state index is 0.0716. The van der Waals surface area contributed by atoms with Gasteiger partial charge in [0.15, 0.2) is 0 Å². The highest BCUT2D eigenvalue weighted by molar-refractivity contribution is 5.82. The Labute approximate surface area is 77.8 Å². The Morgan fingerprint density at radius 2 is 2.15 bits per heavy atom. The molecule has 3 heteroatoms. The van der Waals surface area contributed by atoms with Gasteiger partial charge < -0.3 is 4.74 Å². The first-order chi connectivity index (χ1) is 6.24. The van der Waals surface area contributed by atoms with Crippen LogP contribution in [0.25, 0.3) is 0 Å². The van der Waals surface area contributed by atoms with Crippen LogP contribution < -0.4 is 0 Å². The molecule has 72 valence electrons. The summed E-state index contributed by atoms with van der Waals surface area (Å²) in [5.74, 6) is -0.00202. The van der Waals surface area contributed by atoms with Crippen LogP contribution in [0.2, 0.25) is 0 Å². The molecule has 3 nitrogen and oxygen atoms in total. The van der Waals surface area contributed by atoms with E-state index >= 15 is 0 Å². The summed E-state index contributed by atoms with van der Waals surface area (Å²) in [4.78, 5) is 22.2. The minimum Gasteiger partial charge on any atom is -0.461 e. The van der Waals surface area contributed by atoms with Gasteiger partial charge in [0, 0.05) is 12.8 Å². The van der Waals surface area contributed by atoms with Gasteiger partial charge in [0.05, 0.1) is 5.92 Å². The Hall–Kier alpha value is -1.12. The first-order valence-corrected chi connectivity index (χ1v) is 4.53. The highest BCUT2D eigenvalue weighted by Crippen LogP contribution is 2.22. The molecular formula is C10H14O3. The lowest BCUT2D eigenvalue weighted by Crippen LogP contribution is -2.23. The number of rotatable bonds is 3. The second-order valence-corrected chi connectivity index (χ2v) is 3.23. The third kappa shape index (κ3) is 3.01. The summed E-state index contributed by atoms with van der Waals surface area (Å²) >= 11 is 0. The molecule has 0 saturated heterocycles. The molecule has 1 fully saturated rings. The van der Waals surface area contributed by atoms with E-state index in [1.165, 1.54) is 0 Å². The molecule has 1 aliphatic carbocycles. The first kappa shape index (κ1) is 9.96. The van der Waals surface area contributed by atoms with Crippen molar-refractivity contribution in [2.75, 3.05) is 6.61 Å². The van der Waals surface area contributed by atoms with Crippen LogP contribution >= 0.6 is 0 Å². The van der Waals surface area contributed by atoms with E-state index in [1.807, 2.05) is 0 Å². The molecule has 0 radical (unpaired) electrons. The van der Waals surface area contributed by atoms with Gasteiger partial charge in [-0.3, -0.25) is 9.59 Å². The molecule has 1 rings (SSSR count). The summed E-state index contributed by atoms with van der Waals surface area (Å²) in [6.07, 6.45) is 3.89. The van der Waals surface area contributed by atoms with Crippen LogP contribution in [0.4, 0.5) is 0 Å². The predicted octanol–water partition coefficient (Wildman–Crippen LogP) is 1.47. The van der Waals surface area contributed by atoms with Crippen molar-refractivity contribution in [2.45, 2.75) is 25.7 Å². The third-order valence-corrected chi connectivity index (χ3v) is 2.22. The molecule has 0 heterocycles. The number of esters is 1. The normalized spacial score (nSPS) is 18.3. The lowest BCUT2D eigenvalue weighted by atomic mass is 9.88. The fourth-order valence-electron chi connectivity index (χ4n) is 1.43. The van der Waals surface area contributed by atoms with Gasteiger partial charge in [-0.15, -0.1) is 0 Å². The number of hydrogen-bond acceptors (Lipinski definition) is 3. The smallest absolute Gasteiger partial charge is 0.309 e. The minimum atomic E-state index is -0.188. The molecule has 0 unspecified atom stereocenters. The summed E-state index contributed by atoms with van der Waals surface area (Å²) in [6, 6.07) is 0. The summed E-state index contributed by atoms with van der Waals surface area (Å²) in [5.41, 5.74) is 0. The first-order valence-electron chi connectivity index (χ1n) is 4.53. The SMILES string of the molecule is C=CCOC(=O)C1CCC(=O)CC1. The zero-order chi connectivity index (χ0) is 9.68. The molecule has 1 saturated carbocycles. The summed E-state index contributed by atoms with van der Waals surface area (Å²) in [7, 11) is 0. The number of hydrogen-bond donors (Lipinski definition) is 0. The monoisotopic (exact) mass is 182 g/mol. The van der Waals surface area contributed by atoms with E-state index in [9.17, 15) is 9.59 Å². The molecule has 13 heavy (non-hydrogen) atoms. The van der Waals surface area contributed by atoms with Gasteiger partial charge >= 0.3 is 5.97 Å². The summed E-state index contributed by atoms with van der Waals surface area (Å²) in [5, 5.41) is 0. The Morgan fingerprint density at radius 3 is 2.69 bits per heavy atom. The largest absolute Gasteiger partial charge is 0.461 e. The van der Waals surface area contributed by atoms with Crippen molar-refractivity contribution in [1.82, 2.24) is 0 Å². The van der Waals surface area contributed by atoms with Crippen LogP contribution in [0.5, 0.6) is 0 Å². The van der Waals surface area contributed by atoms with Crippen LogP contribution in [0, 0.1) is 5.92 Å². The van der Waals surface area contributed by atoms with Crippen molar-refractivity contribution < 1.29 is 14.3 Å². The molecule has 0 spiro atoms. The fraction of sp³-hybridized carbons (Fsp3) is 0.600. The van der Waals surface area contributed by atoms with Gasteiger partial charge in [0.25, 0.3) is 0 Å². The zero-order valence-corrected chi connectivity index (χ0v) is 7.62. The summed E-state index contributed by atoms with van der Waals surface area (Å²) in [6.45, 7) is 3.73. The van der Waals surface area contributed by atoms with E-state index in [0.29, 0.717) is 25.7 Å². The van der Waals surface area contributed by atoms with Crippen molar-refractivity contribution in [2.24, 2.45) is 5.92 Å². The average Bonchev–Trinajstić information content (AvgIpc) is 2.15. The van der Waals surface area contributed by atoms with Crippen LogP contribution in [0.1, 0.15) is 25.7 Å². The van der Waals surface area contributed by atoms with Crippen LogP contribution in [-0.4, -0.2) is 18.4 Å². The zero-order valence-electron chi connectivity index (χ0n) is 7.62. The third-order valence-electron chi connectivity index (χ3n) is 2.22. The van der Waals surface area contributed by atoms with Gasteiger partial charge in [-0.1, -0.05) is 12.7 Å². The number of carbonyl (C=O) groups is 2. The quantitative estimate of drug-likeness (QED) is 0.490. The van der Waals surface area contributed by atoms with E-state index in [-0.39, 0.29) is 24.3 Å². The van der Waals surface area contributed by atoms with Gasteiger partial charge in [0.2, 0.25) is 0 Å². The maximum Gasteiger partial charge on any atom is 0.309 e.